The van der Waals surface area contributed by atoms with Crippen molar-refractivity contribution in [2.24, 2.45) is 5.73 Å². The fourth-order valence-electron chi connectivity index (χ4n) is 1.03. The maximum atomic E-state index is 11.2. The molecule has 0 spiro atoms. The predicted molar refractivity (Wildman–Crippen MR) is 60.0 cm³/mol. The number of nitrogens with two attached hydrogens (primary N) is 1. The van der Waals surface area contributed by atoms with Crippen molar-refractivity contribution in [2.75, 3.05) is 7.11 Å². The molecule has 15 heavy (non-hydrogen) atoms. The first-order valence-electron chi connectivity index (χ1n) is 4.32. The summed E-state index contributed by atoms with van der Waals surface area (Å²) in [7, 11) is 1.55. The minimum absolute atomic E-state index is 0. The van der Waals surface area contributed by atoms with Gasteiger partial charge in [0.25, 0.3) is 5.56 Å². The van der Waals surface area contributed by atoms with Gasteiger partial charge in [0, 0.05) is 13.2 Å². The summed E-state index contributed by atoms with van der Waals surface area (Å²) in [5.41, 5.74) is 5.55. The van der Waals surface area contributed by atoms with Gasteiger partial charge in [0.05, 0.1) is 17.8 Å². The number of H-pyrrole nitrogens is 1. The number of ether oxygens (including phenoxy) is 1. The Morgan fingerprint density at radius 2 is 2.20 bits per heavy atom. The lowest BCUT2D eigenvalue weighted by Gasteiger charge is -2.17. The van der Waals surface area contributed by atoms with E-state index in [-0.39, 0.29) is 18.0 Å². The number of aromatic nitrogens is 2. The van der Waals surface area contributed by atoms with Crippen molar-refractivity contribution in [3.05, 3.63) is 27.9 Å². The summed E-state index contributed by atoms with van der Waals surface area (Å²) in [6, 6.07) is 1.40. The second kappa shape index (κ2) is 5.25. The number of hydrogen-bond acceptors (Lipinski definition) is 4. The average Bonchev–Trinajstić information content (AvgIpc) is 2.02. The number of nitrogens with one attached hydrogen (secondary N) is 1. The highest BCUT2D eigenvalue weighted by Crippen LogP contribution is 2.10. The lowest BCUT2D eigenvalue weighted by atomic mass is 10.1. The molecular weight excluding hydrogens is 218 g/mol. The topological polar surface area (TPSA) is 81.0 Å². The van der Waals surface area contributed by atoms with Crippen molar-refractivity contribution in [2.45, 2.75) is 26.0 Å². The van der Waals surface area contributed by atoms with Crippen molar-refractivity contribution in [3.63, 3.8) is 0 Å². The van der Waals surface area contributed by atoms with Crippen LogP contribution in [-0.2, 0) is 16.9 Å². The van der Waals surface area contributed by atoms with Gasteiger partial charge in [0.2, 0.25) is 0 Å². The van der Waals surface area contributed by atoms with Gasteiger partial charge in [-0.1, -0.05) is 0 Å². The lowest BCUT2D eigenvalue weighted by Crippen LogP contribution is -2.33. The van der Waals surface area contributed by atoms with Crippen molar-refractivity contribution in [1.82, 2.24) is 9.97 Å². The molecule has 1 aromatic rings. The molecule has 0 saturated heterocycles. The minimum atomic E-state index is -0.650. The van der Waals surface area contributed by atoms with Crippen LogP contribution in [0.2, 0.25) is 0 Å². The van der Waals surface area contributed by atoms with E-state index in [0.717, 1.165) is 0 Å². The summed E-state index contributed by atoms with van der Waals surface area (Å²) in [4.78, 5) is 18.0. The van der Waals surface area contributed by atoms with Crippen molar-refractivity contribution in [3.8, 4) is 0 Å². The molecule has 3 N–H and O–H groups in total. The molecule has 0 unspecified atom stereocenters. The zero-order valence-corrected chi connectivity index (χ0v) is 9.85. The van der Waals surface area contributed by atoms with E-state index in [1.807, 2.05) is 0 Å². The molecule has 0 amide bonds. The second-order valence-corrected chi connectivity index (χ2v) is 3.74. The molecule has 0 atom stereocenters. The molecule has 0 bridgehead atoms. The first-order valence-corrected chi connectivity index (χ1v) is 4.32. The van der Waals surface area contributed by atoms with Gasteiger partial charge in [0.1, 0.15) is 5.82 Å². The van der Waals surface area contributed by atoms with E-state index in [1.165, 1.54) is 6.07 Å². The van der Waals surface area contributed by atoms with Gasteiger partial charge in [-0.25, -0.2) is 4.98 Å². The number of nitrogens with zero attached hydrogens (tertiary/aromatic N) is 1. The SMILES string of the molecule is COCc1cc(=O)[nH]c(C(C)(C)N)n1.Cl. The van der Waals surface area contributed by atoms with E-state index >= 15 is 0 Å². The van der Waals surface area contributed by atoms with Crippen molar-refractivity contribution >= 4 is 12.4 Å². The van der Waals surface area contributed by atoms with Crippen LogP contribution in [0.3, 0.4) is 0 Å². The summed E-state index contributed by atoms with van der Waals surface area (Å²) in [5, 5.41) is 0. The second-order valence-electron chi connectivity index (χ2n) is 3.74. The third kappa shape index (κ3) is 3.99. The highest BCUT2D eigenvalue weighted by atomic mass is 35.5. The van der Waals surface area contributed by atoms with Crippen LogP contribution in [0.25, 0.3) is 0 Å². The largest absolute Gasteiger partial charge is 0.378 e. The summed E-state index contributed by atoms with van der Waals surface area (Å²) in [5.74, 6) is 0.469. The highest BCUT2D eigenvalue weighted by Gasteiger charge is 2.17. The zero-order valence-electron chi connectivity index (χ0n) is 9.03. The Morgan fingerprint density at radius 1 is 1.60 bits per heavy atom. The van der Waals surface area contributed by atoms with Gasteiger partial charge < -0.3 is 15.5 Å². The molecular formula is C9H16ClN3O2. The van der Waals surface area contributed by atoms with Crippen LogP contribution < -0.4 is 11.3 Å². The molecule has 5 nitrogen and oxygen atoms in total. The van der Waals surface area contributed by atoms with Crippen LogP contribution in [0.1, 0.15) is 25.4 Å². The monoisotopic (exact) mass is 233 g/mol. The molecule has 1 heterocycles. The van der Waals surface area contributed by atoms with Crippen LogP contribution >= 0.6 is 12.4 Å². The predicted octanol–water partition coefficient (Wildman–Crippen LogP) is 0.532. The Balaban J connectivity index is 0.00000196. The van der Waals surface area contributed by atoms with Gasteiger partial charge in [-0.05, 0) is 13.8 Å². The molecule has 0 fully saturated rings. The lowest BCUT2D eigenvalue weighted by molar-refractivity contribution is 0.180. The Bertz CT molecular complexity index is 370. The van der Waals surface area contributed by atoms with Crippen LogP contribution in [0.4, 0.5) is 0 Å². The Labute approximate surface area is 94.5 Å². The summed E-state index contributed by atoms with van der Waals surface area (Å²) in [6.07, 6.45) is 0. The Kier molecular flexibility index (Phi) is 4.93. The molecule has 0 aromatic carbocycles. The molecule has 0 aliphatic rings. The zero-order chi connectivity index (χ0) is 10.8. The molecule has 1 rings (SSSR count). The van der Waals surface area contributed by atoms with E-state index in [9.17, 15) is 4.79 Å². The molecule has 1 aromatic heterocycles. The normalized spacial score (nSPS) is 10.9. The Morgan fingerprint density at radius 3 is 2.67 bits per heavy atom. The Hall–Kier alpha value is -0.910. The standard InChI is InChI=1S/C9H15N3O2.ClH/c1-9(2,10)8-11-6(5-14-3)4-7(13)12-8;/h4H,5,10H2,1-3H3,(H,11,12,13);1H. The van der Waals surface area contributed by atoms with E-state index < -0.39 is 5.54 Å². The van der Waals surface area contributed by atoms with Crippen LogP contribution in [-0.4, -0.2) is 17.1 Å². The maximum absolute atomic E-state index is 11.2. The van der Waals surface area contributed by atoms with E-state index in [4.69, 9.17) is 10.5 Å². The van der Waals surface area contributed by atoms with Crippen LogP contribution in [0.5, 0.6) is 0 Å². The molecule has 6 heteroatoms. The summed E-state index contributed by atoms with van der Waals surface area (Å²) >= 11 is 0. The number of aromatic amines is 1. The minimum Gasteiger partial charge on any atom is -0.378 e. The maximum Gasteiger partial charge on any atom is 0.251 e. The number of hydrogen-bond donors (Lipinski definition) is 2. The van der Waals surface area contributed by atoms with Gasteiger partial charge in [0.15, 0.2) is 0 Å². The molecule has 86 valence electrons. The number of rotatable bonds is 3. The molecule has 0 aliphatic heterocycles. The fourth-order valence-corrected chi connectivity index (χ4v) is 1.03. The van der Waals surface area contributed by atoms with Crippen LogP contribution in [0, 0.1) is 0 Å². The molecule has 0 saturated carbocycles. The van der Waals surface area contributed by atoms with Gasteiger partial charge in [-0.3, -0.25) is 4.79 Å². The average molecular weight is 234 g/mol. The molecule has 0 radical (unpaired) electrons. The summed E-state index contributed by atoms with van der Waals surface area (Å²) in [6.45, 7) is 3.87. The van der Waals surface area contributed by atoms with E-state index in [1.54, 1.807) is 21.0 Å². The third-order valence-corrected chi connectivity index (χ3v) is 1.70. The van der Waals surface area contributed by atoms with Gasteiger partial charge >= 0.3 is 0 Å². The first kappa shape index (κ1) is 14.1. The molecule has 0 aliphatic carbocycles. The quantitative estimate of drug-likeness (QED) is 0.798. The van der Waals surface area contributed by atoms with Gasteiger partial charge in [-0.2, -0.15) is 0 Å². The smallest absolute Gasteiger partial charge is 0.251 e. The number of halogens is 1. The van der Waals surface area contributed by atoms with E-state index in [2.05, 4.69) is 9.97 Å². The first-order chi connectivity index (χ1) is 6.43. The van der Waals surface area contributed by atoms with E-state index in [0.29, 0.717) is 18.1 Å². The fraction of sp³-hybridized carbons (Fsp3) is 0.556. The van der Waals surface area contributed by atoms with Gasteiger partial charge in [-0.15, -0.1) is 12.4 Å². The third-order valence-electron chi connectivity index (χ3n) is 1.70. The highest BCUT2D eigenvalue weighted by molar-refractivity contribution is 5.85. The number of methoxy groups -OCH3 is 1. The van der Waals surface area contributed by atoms with Crippen molar-refractivity contribution in [1.29, 1.82) is 0 Å². The van der Waals surface area contributed by atoms with Crippen molar-refractivity contribution < 1.29 is 4.74 Å². The van der Waals surface area contributed by atoms with Crippen LogP contribution in [0.15, 0.2) is 10.9 Å². The summed E-state index contributed by atoms with van der Waals surface area (Å²) < 4.78 is 4.89.